The summed E-state index contributed by atoms with van der Waals surface area (Å²) < 4.78 is 5.93. The van der Waals surface area contributed by atoms with Gasteiger partial charge in [0.2, 0.25) is 0 Å². The molecule has 0 saturated heterocycles. The van der Waals surface area contributed by atoms with E-state index in [1.165, 1.54) is 0 Å². The van der Waals surface area contributed by atoms with E-state index in [1.54, 1.807) is 0 Å². The van der Waals surface area contributed by atoms with Crippen molar-refractivity contribution in [2.24, 2.45) is 0 Å². The van der Waals surface area contributed by atoms with Crippen LogP contribution in [0.5, 0.6) is 5.75 Å². The molecule has 0 atom stereocenters. The van der Waals surface area contributed by atoms with Crippen molar-refractivity contribution in [3.05, 3.63) is 42.6 Å². The molecular formula is C15H15NO. The Hall–Kier alpha value is -1.83. The summed E-state index contributed by atoms with van der Waals surface area (Å²) in [6.45, 7) is 6.00. The van der Waals surface area contributed by atoms with Crippen molar-refractivity contribution in [1.82, 2.24) is 4.98 Å². The summed E-state index contributed by atoms with van der Waals surface area (Å²) in [7, 11) is 0. The monoisotopic (exact) mass is 225 g/mol. The highest BCUT2D eigenvalue weighted by Gasteiger charge is 2.24. The molecule has 0 amide bonds. The second-order valence-corrected chi connectivity index (χ2v) is 4.65. The summed E-state index contributed by atoms with van der Waals surface area (Å²) >= 11 is 0. The zero-order valence-corrected chi connectivity index (χ0v) is 9.94. The van der Waals surface area contributed by atoms with Gasteiger partial charge in [0.1, 0.15) is 11.3 Å². The molecule has 17 heavy (non-hydrogen) atoms. The van der Waals surface area contributed by atoms with Crippen LogP contribution in [-0.4, -0.2) is 11.1 Å². The number of pyridine rings is 1. The molecule has 1 aromatic carbocycles. The van der Waals surface area contributed by atoms with Gasteiger partial charge in [0.05, 0.1) is 6.10 Å². The van der Waals surface area contributed by atoms with Crippen molar-refractivity contribution in [2.75, 3.05) is 0 Å². The van der Waals surface area contributed by atoms with Crippen molar-refractivity contribution < 1.29 is 4.74 Å². The van der Waals surface area contributed by atoms with Gasteiger partial charge in [0, 0.05) is 11.6 Å². The van der Waals surface area contributed by atoms with E-state index >= 15 is 0 Å². The lowest BCUT2D eigenvalue weighted by Crippen LogP contribution is -1.98. The number of ether oxygens (including phenoxy) is 1. The molecule has 0 unspecified atom stereocenters. The maximum absolute atomic E-state index is 5.93. The first-order valence-corrected chi connectivity index (χ1v) is 5.95. The van der Waals surface area contributed by atoms with Crippen LogP contribution in [0, 0.1) is 0 Å². The molecule has 1 aromatic heterocycles. The normalized spacial score (nSPS) is 14.9. The van der Waals surface area contributed by atoms with Gasteiger partial charge in [-0.15, -0.1) is 0 Å². The van der Waals surface area contributed by atoms with Gasteiger partial charge in [-0.3, -0.25) is 4.98 Å². The lowest BCUT2D eigenvalue weighted by Gasteiger charge is -2.10. The van der Waals surface area contributed by atoms with Crippen LogP contribution in [0.3, 0.4) is 0 Å². The third-order valence-electron chi connectivity index (χ3n) is 2.98. The van der Waals surface area contributed by atoms with E-state index in [0.29, 0.717) is 6.10 Å². The molecule has 0 bridgehead atoms. The quantitative estimate of drug-likeness (QED) is 0.792. The lowest BCUT2D eigenvalue weighted by atomic mass is 10.1. The summed E-state index contributed by atoms with van der Waals surface area (Å²) in [5.41, 5.74) is 3.13. The molecule has 0 N–H and O–H groups in total. The van der Waals surface area contributed by atoms with Gasteiger partial charge in [0.15, 0.2) is 0 Å². The van der Waals surface area contributed by atoms with Crippen molar-refractivity contribution in [3.8, 4) is 5.75 Å². The number of hydrogen-bond donors (Lipinski definition) is 0. The molecule has 0 aliphatic heterocycles. The number of nitrogens with zero attached hydrogens (tertiary/aromatic N) is 1. The standard InChI is InChI=1S/C15H15NO/c1-10(2)12-8-11-4-3-7-16-15(11)14(9-12)17-13-5-6-13/h3-4,7-9,13H,1,5-6H2,2H3. The van der Waals surface area contributed by atoms with Gasteiger partial charge in [0.25, 0.3) is 0 Å². The summed E-state index contributed by atoms with van der Waals surface area (Å²) in [6, 6.07) is 8.18. The predicted molar refractivity (Wildman–Crippen MR) is 70.1 cm³/mol. The second kappa shape index (κ2) is 3.88. The predicted octanol–water partition coefficient (Wildman–Crippen LogP) is 3.81. The Bertz CT molecular complexity index is 584. The number of hydrogen-bond acceptors (Lipinski definition) is 2. The molecule has 1 saturated carbocycles. The van der Waals surface area contributed by atoms with E-state index < -0.39 is 0 Å². The Balaban J connectivity index is 2.17. The molecule has 2 heteroatoms. The Kier molecular flexibility index (Phi) is 2.36. The van der Waals surface area contributed by atoms with Crippen LogP contribution < -0.4 is 4.74 Å². The number of aromatic nitrogens is 1. The van der Waals surface area contributed by atoms with E-state index in [9.17, 15) is 0 Å². The van der Waals surface area contributed by atoms with Gasteiger partial charge in [-0.25, -0.2) is 0 Å². The van der Waals surface area contributed by atoms with Gasteiger partial charge in [-0.05, 0) is 43.5 Å². The molecule has 2 nitrogen and oxygen atoms in total. The summed E-state index contributed by atoms with van der Waals surface area (Å²) in [5.74, 6) is 0.892. The van der Waals surface area contributed by atoms with Crippen LogP contribution in [0.2, 0.25) is 0 Å². The lowest BCUT2D eigenvalue weighted by molar-refractivity contribution is 0.306. The molecule has 1 aliphatic carbocycles. The molecule has 86 valence electrons. The first-order valence-electron chi connectivity index (χ1n) is 5.95. The van der Waals surface area contributed by atoms with E-state index in [-0.39, 0.29) is 0 Å². The summed E-state index contributed by atoms with van der Waals surface area (Å²) in [5, 5.41) is 1.11. The fourth-order valence-electron chi connectivity index (χ4n) is 1.86. The fraction of sp³-hybridized carbons (Fsp3) is 0.267. The second-order valence-electron chi connectivity index (χ2n) is 4.65. The third-order valence-corrected chi connectivity index (χ3v) is 2.98. The van der Waals surface area contributed by atoms with Crippen LogP contribution in [0.1, 0.15) is 25.3 Å². The average Bonchev–Trinajstić information content (AvgIpc) is 3.13. The molecule has 1 fully saturated rings. The number of rotatable bonds is 3. The number of allylic oxidation sites excluding steroid dienone is 1. The molecule has 2 aromatic rings. The topological polar surface area (TPSA) is 22.1 Å². The minimum atomic E-state index is 0.389. The Morgan fingerprint density at radius 1 is 1.41 bits per heavy atom. The largest absolute Gasteiger partial charge is 0.488 e. The van der Waals surface area contributed by atoms with Crippen LogP contribution in [-0.2, 0) is 0 Å². The Morgan fingerprint density at radius 3 is 2.94 bits per heavy atom. The summed E-state index contributed by atoms with van der Waals surface area (Å²) in [6.07, 6.45) is 4.51. The molecule has 0 radical (unpaired) electrons. The van der Waals surface area contributed by atoms with E-state index in [1.807, 2.05) is 19.2 Å². The van der Waals surface area contributed by atoms with E-state index in [2.05, 4.69) is 29.8 Å². The number of benzene rings is 1. The minimum absolute atomic E-state index is 0.389. The first kappa shape index (κ1) is 10.3. The van der Waals surface area contributed by atoms with Crippen molar-refractivity contribution in [1.29, 1.82) is 0 Å². The van der Waals surface area contributed by atoms with Crippen LogP contribution in [0.4, 0.5) is 0 Å². The zero-order chi connectivity index (χ0) is 11.8. The Labute approximate surface area is 101 Å². The molecule has 0 spiro atoms. The smallest absolute Gasteiger partial charge is 0.146 e. The molecule has 1 heterocycles. The van der Waals surface area contributed by atoms with Crippen molar-refractivity contribution in [3.63, 3.8) is 0 Å². The number of fused-ring (bicyclic) bond motifs is 1. The van der Waals surface area contributed by atoms with Gasteiger partial charge < -0.3 is 4.74 Å². The first-order chi connectivity index (χ1) is 8.24. The van der Waals surface area contributed by atoms with Crippen molar-refractivity contribution >= 4 is 16.5 Å². The molecule has 1 aliphatic rings. The highest BCUT2D eigenvalue weighted by Crippen LogP contribution is 2.33. The van der Waals surface area contributed by atoms with Crippen LogP contribution >= 0.6 is 0 Å². The Morgan fingerprint density at radius 2 is 2.24 bits per heavy atom. The third kappa shape index (κ3) is 2.03. The van der Waals surface area contributed by atoms with E-state index in [0.717, 1.165) is 40.6 Å². The highest BCUT2D eigenvalue weighted by molar-refractivity contribution is 5.88. The highest BCUT2D eigenvalue weighted by atomic mass is 16.5. The van der Waals surface area contributed by atoms with Gasteiger partial charge in [-0.1, -0.05) is 18.2 Å². The van der Waals surface area contributed by atoms with Crippen LogP contribution in [0.15, 0.2) is 37.0 Å². The van der Waals surface area contributed by atoms with E-state index in [4.69, 9.17) is 4.74 Å². The average molecular weight is 225 g/mol. The SMILES string of the molecule is C=C(C)c1cc(OC2CC2)c2ncccc2c1. The summed E-state index contributed by atoms with van der Waals surface area (Å²) in [4.78, 5) is 4.41. The zero-order valence-electron chi connectivity index (χ0n) is 9.94. The minimum Gasteiger partial charge on any atom is -0.488 e. The maximum atomic E-state index is 5.93. The molecular weight excluding hydrogens is 210 g/mol. The van der Waals surface area contributed by atoms with Crippen LogP contribution in [0.25, 0.3) is 16.5 Å². The molecule has 3 rings (SSSR count). The maximum Gasteiger partial charge on any atom is 0.146 e. The van der Waals surface area contributed by atoms with Gasteiger partial charge in [-0.2, -0.15) is 0 Å². The van der Waals surface area contributed by atoms with Crippen molar-refractivity contribution in [2.45, 2.75) is 25.9 Å². The van der Waals surface area contributed by atoms with Gasteiger partial charge >= 0.3 is 0 Å². The fourth-order valence-corrected chi connectivity index (χ4v) is 1.86.